The molecule has 1 heteroatoms. The van der Waals surface area contributed by atoms with E-state index in [2.05, 4.69) is 0 Å². The molecule has 0 unspecified atom stereocenters. The van der Waals surface area contributed by atoms with Crippen LogP contribution in [-0.2, 0) is 4.74 Å². The predicted molar refractivity (Wildman–Crippen MR) is 28.8 cm³/mol. The summed E-state index contributed by atoms with van der Waals surface area (Å²) in [5.41, 5.74) is 0. The number of hydrogen-bond donors (Lipinski definition) is 0. The number of allylic oxidation sites excluding steroid dienone is 2. The van der Waals surface area contributed by atoms with E-state index in [-0.39, 0.29) is 0 Å². The molecule has 1 aliphatic rings. The lowest BCUT2D eigenvalue weighted by atomic mass is 10.4. The van der Waals surface area contributed by atoms with Gasteiger partial charge < -0.3 is 4.74 Å². The van der Waals surface area contributed by atoms with E-state index in [4.69, 9.17) is 4.74 Å². The van der Waals surface area contributed by atoms with Gasteiger partial charge in [-0.25, -0.2) is 0 Å². The summed E-state index contributed by atoms with van der Waals surface area (Å²) in [6.45, 7) is 2.71. The molecular weight excluding hydrogens is 88.1 g/mol. The molecule has 0 fully saturated rings. The highest BCUT2D eigenvalue weighted by Crippen LogP contribution is 2.05. The van der Waals surface area contributed by atoms with Gasteiger partial charge in [0.2, 0.25) is 0 Å². The minimum atomic E-state index is 0.750. The Morgan fingerprint density at radius 2 is 2.71 bits per heavy atom. The van der Waals surface area contributed by atoms with Crippen molar-refractivity contribution in [2.75, 3.05) is 6.61 Å². The van der Waals surface area contributed by atoms with Gasteiger partial charge in [-0.15, -0.1) is 0 Å². The fraction of sp³-hybridized carbons (Fsp3) is 0.333. The second-order valence-corrected chi connectivity index (χ2v) is 1.40. The number of hydrogen-bond acceptors (Lipinski definition) is 1. The largest absolute Gasteiger partial charge is 0.490 e. The first-order valence-corrected chi connectivity index (χ1v) is 2.39. The Morgan fingerprint density at radius 3 is 3.00 bits per heavy atom. The maximum Gasteiger partial charge on any atom is 0.115 e. The summed E-state index contributed by atoms with van der Waals surface area (Å²) in [5, 5.41) is 0. The molecule has 0 aromatic carbocycles. The highest BCUT2D eigenvalue weighted by atomic mass is 16.5. The van der Waals surface area contributed by atoms with Gasteiger partial charge in [0, 0.05) is 0 Å². The van der Waals surface area contributed by atoms with Crippen LogP contribution in [0.2, 0.25) is 0 Å². The molecule has 0 bridgehead atoms. The second-order valence-electron chi connectivity index (χ2n) is 1.40. The molecule has 1 nitrogen and oxygen atoms in total. The Morgan fingerprint density at radius 1 is 1.86 bits per heavy atom. The van der Waals surface area contributed by atoms with Crippen LogP contribution in [0.4, 0.5) is 0 Å². The third kappa shape index (κ3) is 0.829. The molecule has 1 heterocycles. The van der Waals surface area contributed by atoms with E-state index in [1.54, 1.807) is 0 Å². The van der Waals surface area contributed by atoms with Crippen LogP contribution < -0.4 is 0 Å². The van der Waals surface area contributed by atoms with Crippen LogP contribution in [0.15, 0.2) is 24.0 Å². The molecular formula is C6H8O. The maximum absolute atomic E-state index is 5.05. The molecule has 0 atom stereocenters. The molecule has 1 aliphatic heterocycles. The summed E-state index contributed by atoms with van der Waals surface area (Å²) in [7, 11) is 0. The van der Waals surface area contributed by atoms with Gasteiger partial charge in [0.25, 0.3) is 0 Å². The Hall–Kier alpha value is -0.720. The van der Waals surface area contributed by atoms with E-state index in [0.29, 0.717) is 0 Å². The summed E-state index contributed by atoms with van der Waals surface area (Å²) in [4.78, 5) is 0. The summed E-state index contributed by atoms with van der Waals surface area (Å²) >= 11 is 0. The molecule has 0 radical (unpaired) electrons. The molecule has 0 amide bonds. The van der Waals surface area contributed by atoms with E-state index in [9.17, 15) is 0 Å². The lowest BCUT2D eigenvalue weighted by Gasteiger charge is -1.91. The molecule has 38 valence electrons. The third-order valence-electron chi connectivity index (χ3n) is 0.913. The van der Waals surface area contributed by atoms with E-state index in [1.165, 1.54) is 0 Å². The molecule has 0 aromatic rings. The van der Waals surface area contributed by atoms with Crippen molar-refractivity contribution in [3.8, 4) is 0 Å². The van der Waals surface area contributed by atoms with Crippen molar-refractivity contribution in [2.45, 2.75) is 6.92 Å². The van der Waals surface area contributed by atoms with Crippen molar-refractivity contribution >= 4 is 0 Å². The number of ether oxygens (including phenoxy) is 1. The first-order chi connectivity index (χ1) is 3.43. The average Bonchev–Trinajstić information content (AvgIpc) is 2.14. The average molecular weight is 96.1 g/mol. The molecule has 7 heavy (non-hydrogen) atoms. The fourth-order valence-corrected chi connectivity index (χ4v) is 0.536. The van der Waals surface area contributed by atoms with Gasteiger partial charge in [-0.2, -0.15) is 0 Å². The topological polar surface area (TPSA) is 9.23 Å². The van der Waals surface area contributed by atoms with Crippen molar-refractivity contribution in [2.24, 2.45) is 0 Å². The van der Waals surface area contributed by atoms with Gasteiger partial charge >= 0.3 is 0 Å². The first kappa shape index (κ1) is 4.44. The minimum absolute atomic E-state index is 0.750. The van der Waals surface area contributed by atoms with Gasteiger partial charge in [0.15, 0.2) is 0 Å². The number of rotatable bonds is 0. The predicted octanol–water partition coefficient (Wildman–Crippen LogP) is 1.48. The fourth-order valence-electron chi connectivity index (χ4n) is 0.536. The molecule has 0 aromatic heterocycles. The minimum Gasteiger partial charge on any atom is -0.490 e. The Labute approximate surface area is 43.3 Å². The molecule has 0 N–H and O–H groups in total. The van der Waals surface area contributed by atoms with Gasteiger partial charge in [-0.1, -0.05) is 0 Å². The first-order valence-electron chi connectivity index (χ1n) is 2.39. The summed E-state index contributed by atoms with van der Waals surface area (Å²) in [6, 6.07) is 0. The molecule has 1 rings (SSSR count). The van der Waals surface area contributed by atoms with Crippen LogP contribution in [0.3, 0.4) is 0 Å². The Kier molecular flexibility index (Phi) is 1.16. The summed E-state index contributed by atoms with van der Waals surface area (Å²) in [6.07, 6.45) is 5.92. The van der Waals surface area contributed by atoms with Gasteiger partial charge in [0.05, 0.1) is 0 Å². The highest BCUT2D eigenvalue weighted by molar-refractivity contribution is 5.15. The highest BCUT2D eigenvalue weighted by Gasteiger charge is 1.93. The van der Waals surface area contributed by atoms with Gasteiger partial charge in [-0.3, -0.25) is 0 Å². The van der Waals surface area contributed by atoms with E-state index >= 15 is 0 Å². The SMILES string of the molecule is CC=C1C=CCO1. The second kappa shape index (κ2) is 1.82. The van der Waals surface area contributed by atoms with Crippen molar-refractivity contribution in [1.82, 2.24) is 0 Å². The van der Waals surface area contributed by atoms with E-state index in [1.807, 2.05) is 25.2 Å². The van der Waals surface area contributed by atoms with Crippen molar-refractivity contribution in [3.05, 3.63) is 24.0 Å². The van der Waals surface area contributed by atoms with Gasteiger partial charge in [0.1, 0.15) is 12.4 Å². The lowest BCUT2D eigenvalue weighted by Crippen LogP contribution is -1.76. The zero-order valence-corrected chi connectivity index (χ0v) is 4.35. The molecule has 0 aliphatic carbocycles. The molecule has 0 saturated carbocycles. The third-order valence-corrected chi connectivity index (χ3v) is 0.913. The summed E-state index contributed by atoms with van der Waals surface area (Å²) < 4.78 is 5.05. The Bertz CT molecular complexity index is 109. The van der Waals surface area contributed by atoms with E-state index < -0.39 is 0 Å². The lowest BCUT2D eigenvalue weighted by molar-refractivity contribution is 0.278. The normalized spacial score (nSPS) is 23.3. The van der Waals surface area contributed by atoms with Crippen LogP contribution >= 0.6 is 0 Å². The standard InChI is InChI=1S/C6H8O/c1-2-6-4-3-5-7-6/h2-4H,5H2,1H3. The van der Waals surface area contributed by atoms with Crippen molar-refractivity contribution in [3.63, 3.8) is 0 Å². The monoisotopic (exact) mass is 96.1 g/mol. The zero-order chi connectivity index (χ0) is 5.11. The molecule has 0 saturated heterocycles. The van der Waals surface area contributed by atoms with Crippen molar-refractivity contribution < 1.29 is 4.74 Å². The Balaban J connectivity index is 2.59. The van der Waals surface area contributed by atoms with Crippen molar-refractivity contribution in [1.29, 1.82) is 0 Å². The van der Waals surface area contributed by atoms with Gasteiger partial charge in [-0.05, 0) is 25.2 Å². The van der Waals surface area contributed by atoms with E-state index in [0.717, 1.165) is 12.4 Å². The summed E-state index contributed by atoms with van der Waals surface area (Å²) in [5.74, 6) is 0.986. The van der Waals surface area contributed by atoms with Crippen LogP contribution in [0.5, 0.6) is 0 Å². The smallest absolute Gasteiger partial charge is 0.115 e. The molecule has 0 spiro atoms. The maximum atomic E-state index is 5.05. The van der Waals surface area contributed by atoms with Crippen LogP contribution in [-0.4, -0.2) is 6.61 Å². The van der Waals surface area contributed by atoms with Crippen LogP contribution in [0.1, 0.15) is 6.92 Å². The quantitative estimate of drug-likeness (QED) is 0.443. The van der Waals surface area contributed by atoms with Crippen LogP contribution in [0, 0.1) is 0 Å². The zero-order valence-electron chi connectivity index (χ0n) is 4.35. The van der Waals surface area contributed by atoms with Crippen LogP contribution in [0.25, 0.3) is 0 Å².